The Morgan fingerprint density at radius 2 is 1.89 bits per heavy atom. The minimum Gasteiger partial charge on any atom is -0.411 e. The van der Waals surface area contributed by atoms with E-state index in [0.717, 1.165) is 30.5 Å². The maximum Gasteiger partial charge on any atom is 0.0624 e. The molecule has 4 heteroatoms. The highest BCUT2D eigenvalue weighted by molar-refractivity contribution is 6.42. The standard InChI is InChI=1S/C14H19Cl2NO/c1-14(2,3)13(17-18)6-4-5-10-7-8-11(15)12(16)9-10/h7-9,18H,4-6H2,1-3H3. The minimum absolute atomic E-state index is 0.0909. The highest BCUT2D eigenvalue weighted by Gasteiger charge is 2.18. The fraction of sp³-hybridized carbons (Fsp3) is 0.500. The van der Waals surface area contributed by atoms with E-state index in [0.29, 0.717) is 10.0 Å². The molecule has 0 unspecified atom stereocenters. The second-order valence-electron chi connectivity index (χ2n) is 5.40. The highest BCUT2D eigenvalue weighted by atomic mass is 35.5. The van der Waals surface area contributed by atoms with Gasteiger partial charge in [-0.2, -0.15) is 0 Å². The summed E-state index contributed by atoms with van der Waals surface area (Å²) in [5, 5.41) is 13.5. The summed E-state index contributed by atoms with van der Waals surface area (Å²) in [7, 11) is 0. The van der Waals surface area contributed by atoms with Gasteiger partial charge in [0.2, 0.25) is 0 Å². The number of hydrogen-bond donors (Lipinski definition) is 1. The van der Waals surface area contributed by atoms with Gasteiger partial charge in [0.05, 0.1) is 15.8 Å². The molecule has 18 heavy (non-hydrogen) atoms. The molecule has 0 aromatic heterocycles. The van der Waals surface area contributed by atoms with E-state index in [1.807, 2.05) is 39.0 Å². The van der Waals surface area contributed by atoms with Gasteiger partial charge in [0.15, 0.2) is 0 Å². The normalized spacial score (nSPS) is 12.8. The van der Waals surface area contributed by atoms with E-state index in [1.54, 1.807) is 0 Å². The van der Waals surface area contributed by atoms with Gasteiger partial charge in [0, 0.05) is 5.41 Å². The lowest BCUT2D eigenvalue weighted by atomic mass is 9.87. The SMILES string of the molecule is CC(C)(C)C(CCCc1ccc(Cl)c(Cl)c1)=NO. The number of hydrogen-bond acceptors (Lipinski definition) is 2. The molecule has 0 aliphatic carbocycles. The summed E-state index contributed by atoms with van der Waals surface area (Å²) in [4.78, 5) is 0. The van der Waals surface area contributed by atoms with Gasteiger partial charge >= 0.3 is 0 Å². The molecule has 2 nitrogen and oxygen atoms in total. The van der Waals surface area contributed by atoms with Crippen LogP contribution in [0, 0.1) is 5.41 Å². The van der Waals surface area contributed by atoms with Gasteiger partial charge in [-0.15, -0.1) is 0 Å². The smallest absolute Gasteiger partial charge is 0.0624 e. The van der Waals surface area contributed by atoms with Crippen molar-refractivity contribution in [3.63, 3.8) is 0 Å². The molecule has 0 spiro atoms. The van der Waals surface area contributed by atoms with Crippen LogP contribution in [-0.4, -0.2) is 10.9 Å². The monoisotopic (exact) mass is 287 g/mol. The first-order valence-electron chi connectivity index (χ1n) is 6.00. The van der Waals surface area contributed by atoms with Crippen molar-refractivity contribution >= 4 is 28.9 Å². The summed E-state index contributed by atoms with van der Waals surface area (Å²) in [5.74, 6) is 0. The molecule has 0 bridgehead atoms. The van der Waals surface area contributed by atoms with E-state index in [2.05, 4.69) is 5.16 Å². The van der Waals surface area contributed by atoms with Crippen molar-refractivity contribution in [3.8, 4) is 0 Å². The Hall–Kier alpha value is -0.730. The molecule has 0 fully saturated rings. The molecule has 100 valence electrons. The first-order valence-corrected chi connectivity index (χ1v) is 6.75. The van der Waals surface area contributed by atoms with E-state index >= 15 is 0 Å². The van der Waals surface area contributed by atoms with Crippen molar-refractivity contribution in [2.45, 2.75) is 40.0 Å². The van der Waals surface area contributed by atoms with Crippen LogP contribution in [0.2, 0.25) is 10.0 Å². The Morgan fingerprint density at radius 1 is 1.22 bits per heavy atom. The average molecular weight is 288 g/mol. The molecule has 1 N–H and O–H groups in total. The number of nitrogens with zero attached hydrogens (tertiary/aromatic N) is 1. The summed E-state index contributed by atoms with van der Waals surface area (Å²) >= 11 is 11.8. The molecule has 1 rings (SSSR count). The Bertz CT molecular complexity index is 436. The first-order chi connectivity index (χ1) is 8.34. The van der Waals surface area contributed by atoms with Crippen LogP contribution in [-0.2, 0) is 6.42 Å². The molecule has 0 aliphatic rings. The third-order valence-corrected chi connectivity index (χ3v) is 3.59. The average Bonchev–Trinajstić information content (AvgIpc) is 2.27. The van der Waals surface area contributed by atoms with Crippen LogP contribution in [0.4, 0.5) is 0 Å². The molecule has 1 aromatic carbocycles. The first kappa shape index (κ1) is 15.3. The van der Waals surface area contributed by atoms with Crippen LogP contribution in [0.3, 0.4) is 0 Å². The predicted octanol–water partition coefficient (Wildman–Crippen LogP) is 5.19. The van der Waals surface area contributed by atoms with Gasteiger partial charge in [0.1, 0.15) is 0 Å². The lowest BCUT2D eigenvalue weighted by Crippen LogP contribution is -2.20. The molecule has 0 atom stereocenters. The second kappa shape index (κ2) is 6.44. The summed E-state index contributed by atoms with van der Waals surface area (Å²) in [6.45, 7) is 6.13. The zero-order chi connectivity index (χ0) is 13.8. The summed E-state index contributed by atoms with van der Waals surface area (Å²) < 4.78 is 0. The van der Waals surface area contributed by atoms with Gasteiger partial charge in [-0.25, -0.2) is 0 Å². The predicted molar refractivity (Wildman–Crippen MR) is 78.1 cm³/mol. The van der Waals surface area contributed by atoms with Crippen molar-refractivity contribution in [1.29, 1.82) is 0 Å². The summed E-state index contributed by atoms with van der Waals surface area (Å²) in [5.41, 5.74) is 1.88. The van der Waals surface area contributed by atoms with Crippen LogP contribution in [0.15, 0.2) is 23.4 Å². The van der Waals surface area contributed by atoms with Gasteiger partial charge in [-0.05, 0) is 37.0 Å². The molecule has 0 saturated carbocycles. The lowest BCUT2D eigenvalue weighted by Gasteiger charge is -2.19. The zero-order valence-corrected chi connectivity index (χ0v) is 12.5. The van der Waals surface area contributed by atoms with E-state index < -0.39 is 0 Å². The summed E-state index contributed by atoms with van der Waals surface area (Å²) in [6, 6.07) is 5.67. The highest BCUT2D eigenvalue weighted by Crippen LogP contribution is 2.24. The zero-order valence-electron chi connectivity index (χ0n) is 11.0. The summed E-state index contributed by atoms with van der Waals surface area (Å²) in [6.07, 6.45) is 2.60. The van der Waals surface area contributed by atoms with Gasteiger partial charge < -0.3 is 5.21 Å². The van der Waals surface area contributed by atoms with Crippen molar-refractivity contribution in [2.75, 3.05) is 0 Å². The molecule has 0 radical (unpaired) electrons. The minimum atomic E-state index is -0.0909. The molecule has 0 heterocycles. The molecular weight excluding hydrogens is 269 g/mol. The van der Waals surface area contributed by atoms with Gasteiger partial charge in [-0.3, -0.25) is 0 Å². The fourth-order valence-corrected chi connectivity index (χ4v) is 2.05. The van der Waals surface area contributed by atoms with E-state index in [9.17, 15) is 0 Å². The van der Waals surface area contributed by atoms with Crippen LogP contribution >= 0.6 is 23.2 Å². The van der Waals surface area contributed by atoms with Crippen LogP contribution in [0.25, 0.3) is 0 Å². The van der Waals surface area contributed by atoms with E-state index in [4.69, 9.17) is 28.4 Å². The number of oxime groups is 1. The largest absolute Gasteiger partial charge is 0.411 e. The van der Waals surface area contributed by atoms with E-state index in [1.165, 1.54) is 0 Å². The van der Waals surface area contributed by atoms with Crippen LogP contribution in [0.5, 0.6) is 0 Å². The van der Waals surface area contributed by atoms with Gasteiger partial charge in [0.25, 0.3) is 0 Å². The van der Waals surface area contributed by atoms with Crippen LogP contribution < -0.4 is 0 Å². The Morgan fingerprint density at radius 3 is 2.39 bits per heavy atom. The molecular formula is C14H19Cl2NO. The van der Waals surface area contributed by atoms with Gasteiger partial charge in [-0.1, -0.05) is 55.2 Å². The van der Waals surface area contributed by atoms with Crippen molar-refractivity contribution in [3.05, 3.63) is 33.8 Å². The molecule has 0 amide bonds. The maximum atomic E-state index is 8.99. The fourth-order valence-electron chi connectivity index (χ4n) is 1.73. The Kier molecular flexibility index (Phi) is 5.48. The maximum absolute atomic E-state index is 8.99. The van der Waals surface area contributed by atoms with Crippen molar-refractivity contribution < 1.29 is 5.21 Å². The second-order valence-corrected chi connectivity index (χ2v) is 6.21. The molecule has 0 aliphatic heterocycles. The third kappa shape index (κ3) is 4.51. The van der Waals surface area contributed by atoms with E-state index in [-0.39, 0.29) is 5.41 Å². The number of rotatable bonds is 4. The lowest BCUT2D eigenvalue weighted by molar-refractivity contribution is 0.308. The number of halogens is 2. The van der Waals surface area contributed by atoms with Crippen LogP contribution in [0.1, 0.15) is 39.2 Å². The molecule has 0 saturated heterocycles. The molecule has 1 aromatic rings. The number of benzene rings is 1. The van der Waals surface area contributed by atoms with Crippen molar-refractivity contribution in [2.24, 2.45) is 10.6 Å². The number of aryl methyl sites for hydroxylation is 1. The third-order valence-electron chi connectivity index (χ3n) is 2.85. The Labute approximate surface area is 119 Å². The quantitative estimate of drug-likeness (QED) is 0.461. The van der Waals surface area contributed by atoms with Crippen molar-refractivity contribution in [1.82, 2.24) is 0 Å². The Balaban J connectivity index is 2.54. The topological polar surface area (TPSA) is 32.6 Å².